The minimum Gasteiger partial charge on any atom is -0.506 e. The number of ether oxygens (including phenoxy) is 2. The molecule has 0 saturated carbocycles. The maximum Gasteiger partial charge on any atom is 0.194 e. The number of benzene rings is 2. The van der Waals surface area contributed by atoms with Gasteiger partial charge in [-0.1, -0.05) is 12.1 Å². The van der Waals surface area contributed by atoms with Gasteiger partial charge in [-0.2, -0.15) is 0 Å². The summed E-state index contributed by atoms with van der Waals surface area (Å²) in [7, 11) is 3.17. The molecule has 8 nitrogen and oxygen atoms in total. The third-order valence-electron chi connectivity index (χ3n) is 5.31. The Hall–Kier alpha value is -2.40. The molecule has 3 N–H and O–H groups in total. The van der Waals surface area contributed by atoms with E-state index in [4.69, 9.17) is 9.47 Å². The van der Waals surface area contributed by atoms with E-state index in [2.05, 4.69) is 20.1 Å². The van der Waals surface area contributed by atoms with E-state index in [9.17, 15) is 10.2 Å². The zero-order valence-electron chi connectivity index (χ0n) is 18.8. The number of aliphatic imine (C=N–C) groups is 1. The van der Waals surface area contributed by atoms with Crippen molar-refractivity contribution in [3.63, 3.8) is 0 Å². The number of phenols is 1. The Morgan fingerprint density at radius 1 is 1.06 bits per heavy atom. The normalized spacial score (nSPS) is 15.1. The van der Waals surface area contributed by atoms with Crippen molar-refractivity contribution < 1.29 is 19.7 Å². The zero-order chi connectivity index (χ0) is 22.2. The Labute approximate surface area is 206 Å². The molecule has 1 fully saturated rings. The molecule has 0 aliphatic carbocycles. The van der Waals surface area contributed by atoms with Crippen LogP contribution in [-0.2, 0) is 0 Å². The van der Waals surface area contributed by atoms with Crippen LogP contribution in [0.5, 0.6) is 17.2 Å². The van der Waals surface area contributed by atoms with Crippen LogP contribution in [0.1, 0.15) is 18.6 Å². The Morgan fingerprint density at radius 2 is 1.69 bits per heavy atom. The summed E-state index contributed by atoms with van der Waals surface area (Å²) in [5.74, 6) is 2.33. The van der Waals surface area contributed by atoms with Gasteiger partial charge in [-0.25, -0.2) is 0 Å². The second kappa shape index (κ2) is 12.6. The van der Waals surface area contributed by atoms with Crippen molar-refractivity contribution in [2.75, 3.05) is 58.4 Å². The second-order valence-electron chi connectivity index (χ2n) is 7.32. The molecule has 1 aliphatic heterocycles. The summed E-state index contributed by atoms with van der Waals surface area (Å²) < 4.78 is 10.6. The number of phenolic OH excluding ortho intramolecular Hbond substituents is 1. The van der Waals surface area contributed by atoms with Crippen molar-refractivity contribution >= 4 is 35.6 Å². The van der Waals surface area contributed by atoms with Gasteiger partial charge in [0.25, 0.3) is 0 Å². The molecule has 0 amide bonds. The summed E-state index contributed by atoms with van der Waals surface area (Å²) in [6.07, 6.45) is -0.778. The zero-order valence-corrected chi connectivity index (χ0v) is 21.2. The van der Waals surface area contributed by atoms with Crippen LogP contribution in [0.3, 0.4) is 0 Å². The molecular weight excluding hydrogens is 523 g/mol. The number of hydrogen-bond donors (Lipinski definition) is 3. The Bertz CT molecular complexity index is 866. The molecule has 2 aromatic carbocycles. The number of nitrogens with zero attached hydrogens (tertiary/aromatic N) is 3. The lowest BCUT2D eigenvalue weighted by atomic mass is 10.1. The number of aliphatic hydroxyl groups excluding tert-OH is 1. The lowest BCUT2D eigenvalue weighted by Gasteiger charge is -2.38. The van der Waals surface area contributed by atoms with Gasteiger partial charge in [0.05, 0.1) is 32.6 Å². The number of aliphatic hydroxyl groups is 1. The van der Waals surface area contributed by atoms with Crippen LogP contribution in [0.25, 0.3) is 0 Å². The molecule has 1 atom stereocenters. The Balaban J connectivity index is 0.00000363. The van der Waals surface area contributed by atoms with Crippen molar-refractivity contribution in [2.24, 2.45) is 4.99 Å². The highest BCUT2D eigenvalue weighted by Crippen LogP contribution is 2.28. The Morgan fingerprint density at radius 3 is 2.25 bits per heavy atom. The summed E-state index contributed by atoms with van der Waals surface area (Å²) in [5, 5.41) is 24.1. The molecule has 32 heavy (non-hydrogen) atoms. The van der Waals surface area contributed by atoms with Crippen LogP contribution in [0.4, 0.5) is 5.69 Å². The number of halogens is 1. The van der Waals surface area contributed by atoms with Crippen LogP contribution in [-0.4, -0.2) is 74.6 Å². The largest absolute Gasteiger partial charge is 0.506 e. The molecule has 1 aliphatic rings. The van der Waals surface area contributed by atoms with Crippen LogP contribution < -0.4 is 19.7 Å². The van der Waals surface area contributed by atoms with Crippen LogP contribution in [0.2, 0.25) is 0 Å². The van der Waals surface area contributed by atoms with Crippen LogP contribution in [0, 0.1) is 0 Å². The van der Waals surface area contributed by atoms with E-state index in [1.165, 1.54) is 0 Å². The first-order chi connectivity index (χ1) is 15.0. The van der Waals surface area contributed by atoms with E-state index in [1.54, 1.807) is 38.5 Å². The van der Waals surface area contributed by atoms with E-state index in [-0.39, 0.29) is 30.5 Å². The van der Waals surface area contributed by atoms with Crippen molar-refractivity contribution in [3.05, 3.63) is 48.0 Å². The SMILES string of the molecule is CCNC(=NCC(O)c1cc(OC)cc(OC)c1)N1CCN(c2ccccc2O)CC1.I. The van der Waals surface area contributed by atoms with Gasteiger partial charge in [0.1, 0.15) is 17.2 Å². The minimum atomic E-state index is -0.778. The van der Waals surface area contributed by atoms with E-state index >= 15 is 0 Å². The van der Waals surface area contributed by atoms with E-state index in [0.717, 1.165) is 44.4 Å². The van der Waals surface area contributed by atoms with E-state index < -0.39 is 6.10 Å². The first-order valence-corrected chi connectivity index (χ1v) is 10.5. The monoisotopic (exact) mass is 556 g/mol. The fourth-order valence-electron chi connectivity index (χ4n) is 3.62. The molecule has 2 aromatic rings. The second-order valence-corrected chi connectivity index (χ2v) is 7.32. The highest BCUT2D eigenvalue weighted by molar-refractivity contribution is 14.0. The molecule has 1 heterocycles. The first-order valence-electron chi connectivity index (χ1n) is 10.5. The molecule has 9 heteroatoms. The summed E-state index contributed by atoms with van der Waals surface area (Å²) >= 11 is 0. The number of hydrogen-bond acceptors (Lipinski definition) is 6. The third kappa shape index (κ3) is 6.55. The van der Waals surface area contributed by atoms with Crippen molar-refractivity contribution in [1.82, 2.24) is 10.2 Å². The molecule has 0 radical (unpaired) electrons. The van der Waals surface area contributed by atoms with E-state index in [1.807, 2.05) is 25.1 Å². The number of anilines is 1. The van der Waals surface area contributed by atoms with Crippen molar-refractivity contribution in [2.45, 2.75) is 13.0 Å². The van der Waals surface area contributed by atoms with Gasteiger partial charge >= 0.3 is 0 Å². The van der Waals surface area contributed by atoms with Gasteiger partial charge in [-0.05, 0) is 36.8 Å². The molecule has 1 saturated heterocycles. The average molecular weight is 556 g/mol. The number of piperazine rings is 1. The molecule has 0 aromatic heterocycles. The lowest BCUT2D eigenvalue weighted by Crippen LogP contribution is -2.52. The molecule has 176 valence electrons. The number of methoxy groups -OCH3 is 2. The van der Waals surface area contributed by atoms with Crippen LogP contribution in [0.15, 0.2) is 47.5 Å². The van der Waals surface area contributed by atoms with Gasteiger partial charge in [0.2, 0.25) is 0 Å². The number of aromatic hydroxyl groups is 1. The Kier molecular flexibility index (Phi) is 10.2. The standard InChI is InChI=1S/C23H32N4O4.HI/c1-4-24-23(25-16-22(29)17-13-18(30-2)15-19(14-17)31-3)27-11-9-26(10-12-27)20-7-5-6-8-21(20)28;/h5-8,13-15,22,28-29H,4,9-12,16H2,1-3H3,(H,24,25);1H. The number of rotatable bonds is 7. The summed E-state index contributed by atoms with van der Waals surface area (Å²) in [6.45, 7) is 6.07. The maximum absolute atomic E-state index is 10.7. The summed E-state index contributed by atoms with van der Waals surface area (Å²) in [4.78, 5) is 9.02. The third-order valence-corrected chi connectivity index (χ3v) is 5.31. The highest BCUT2D eigenvalue weighted by atomic mass is 127. The number of para-hydroxylation sites is 2. The first kappa shape index (κ1) is 25.9. The summed E-state index contributed by atoms with van der Waals surface area (Å²) in [6, 6.07) is 12.8. The lowest BCUT2D eigenvalue weighted by molar-refractivity contribution is 0.185. The maximum atomic E-state index is 10.7. The fraction of sp³-hybridized carbons (Fsp3) is 0.435. The minimum absolute atomic E-state index is 0. The number of nitrogens with one attached hydrogen (secondary N) is 1. The van der Waals surface area contributed by atoms with Crippen molar-refractivity contribution in [3.8, 4) is 17.2 Å². The molecule has 1 unspecified atom stereocenters. The predicted molar refractivity (Wildman–Crippen MR) is 138 cm³/mol. The number of guanidine groups is 1. The fourth-order valence-corrected chi connectivity index (χ4v) is 3.62. The molecule has 3 rings (SSSR count). The van der Waals surface area contributed by atoms with E-state index in [0.29, 0.717) is 22.8 Å². The van der Waals surface area contributed by atoms with Crippen LogP contribution >= 0.6 is 24.0 Å². The predicted octanol–water partition coefficient (Wildman–Crippen LogP) is 2.85. The van der Waals surface area contributed by atoms with Gasteiger partial charge < -0.3 is 34.8 Å². The van der Waals surface area contributed by atoms with Gasteiger partial charge in [-0.15, -0.1) is 24.0 Å². The van der Waals surface area contributed by atoms with Crippen molar-refractivity contribution in [1.29, 1.82) is 0 Å². The van der Waals surface area contributed by atoms with Gasteiger partial charge in [0.15, 0.2) is 5.96 Å². The molecule has 0 spiro atoms. The molecular formula is C23H33IN4O4. The quantitative estimate of drug-likeness (QED) is 0.275. The topological polar surface area (TPSA) is 89.8 Å². The molecule has 0 bridgehead atoms. The van der Waals surface area contributed by atoms with Gasteiger partial charge in [-0.3, -0.25) is 4.99 Å². The highest BCUT2D eigenvalue weighted by Gasteiger charge is 2.21. The summed E-state index contributed by atoms with van der Waals surface area (Å²) in [5.41, 5.74) is 1.55. The average Bonchev–Trinajstić information content (AvgIpc) is 2.81. The van der Waals surface area contributed by atoms with Gasteiger partial charge in [0, 0.05) is 38.8 Å². The smallest absolute Gasteiger partial charge is 0.194 e.